The average Bonchev–Trinajstić information content (AvgIpc) is 3.15. The number of hydrogen-bond acceptors (Lipinski definition) is 2. The fourth-order valence-corrected chi connectivity index (χ4v) is 4.72. The van der Waals surface area contributed by atoms with Gasteiger partial charge in [-0.3, -0.25) is 4.79 Å². The van der Waals surface area contributed by atoms with Gasteiger partial charge in [-0.2, -0.15) is 0 Å². The standard InChI is InChI=1S/C30H38O2/c1-6-29-25(8-7-17-32-30-16-10-21(2)18-24(30)5)12-13-26(29)14-15-28(31)20-27-19-22(3)9-11-23(27)4/h9-13,16,18-19,29H,6-8,14-15,17,20H2,1-5H3. The Bertz CT molecular complexity index is 1010. The minimum absolute atomic E-state index is 0.338. The van der Waals surface area contributed by atoms with Crippen LogP contribution in [0.25, 0.3) is 0 Å². The number of ketones is 1. The fraction of sp³-hybridized carbons (Fsp3) is 0.433. The van der Waals surface area contributed by atoms with E-state index < -0.39 is 0 Å². The van der Waals surface area contributed by atoms with Crippen LogP contribution in [0.2, 0.25) is 0 Å². The van der Waals surface area contributed by atoms with Crippen molar-refractivity contribution in [2.24, 2.45) is 5.92 Å². The van der Waals surface area contributed by atoms with Gasteiger partial charge in [0.2, 0.25) is 0 Å². The Hall–Kier alpha value is -2.61. The van der Waals surface area contributed by atoms with E-state index in [4.69, 9.17) is 4.74 Å². The lowest BCUT2D eigenvalue weighted by atomic mass is 9.87. The zero-order valence-corrected chi connectivity index (χ0v) is 20.5. The molecule has 2 nitrogen and oxygen atoms in total. The highest BCUT2D eigenvalue weighted by molar-refractivity contribution is 5.81. The molecule has 0 N–H and O–H groups in total. The Balaban J connectivity index is 1.43. The number of carbonyl (C=O) groups is 1. The van der Waals surface area contributed by atoms with E-state index in [2.05, 4.69) is 83.2 Å². The third-order valence-corrected chi connectivity index (χ3v) is 6.60. The van der Waals surface area contributed by atoms with Crippen LogP contribution in [0.3, 0.4) is 0 Å². The third-order valence-electron chi connectivity index (χ3n) is 6.60. The van der Waals surface area contributed by atoms with Crippen molar-refractivity contribution >= 4 is 5.78 Å². The molecule has 1 aliphatic rings. The summed E-state index contributed by atoms with van der Waals surface area (Å²) >= 11 is 0. The summed E-state index contributed by atoms with van der Waals surface area (Å²) < 4.78 is 6.01. The molecule has 3 rings (SSSR count). The van der Waals surface area contributed by atoms with Crippen molar-refractivity contribution in [3.05, 3.63) is 87.5 Å². The monoisotopic (exact) mass is 430 g/mol. The molecule has 0 spiro atoms. The fourth-order valence-electron chi connectivity index (χ4n) is 4.72. The van der Waals surface area contributed by atoms with Crippen LogP contribution in [0, 0.1) is 33.6 Å². The molecule has 2 aromatic rings. The van der Waals surface area contributed by atoms with Crippen LogP contribution < -0.4 is 4.74 Å². The van der Waals surface area contributed by atoms with Gasteiger partial charge in [0.05, 0.1) is 6.61 Å². The van der Waals surface area contributed by atoms with Gasteiger partial charge in [0.25, 0.3) is 0 Å². The lowest BCUT2D eigenvalue weighted by molar-refractivity contribution is -0.118. The molecule has 0 radical (unpaired) electrons. The largest absolute Gasteiger partial charge is 0.493 e. The first kappa shape index (κ1) is 24.0. The van der Waals surface area contributed by atoms with Crippen LogP contribution in [-0.2, 0) is 11.2 Å². The van der Waals surface area contributed by atoms with E-state index in [-0.39, 0.29) is 0 Å². The summed E-state index contributed by atoms with van der Waals surface area (Å²) in [6, 6.07) is 12.7. The topological polar surface area (TPSA) is 26.3 Å². The van der Waals surface area contributed by atoms with E-state index in [9.17, 15) is 4.79 Å². The van der Waals surface area contributed by atoms with Gasteiger partial charge < -0.3 is 4.74 Å². The van der Waals surface area contributed by atoms with Crippen LogP contribution in [0.4, 0.5) is 0 Å². The van der Waals surface area contributed by atoms with Gasteiger partial charge in [0, 0.05) is 18.8 Å². The summed E-state index contributed by atoms with van der Waals surface area (Å²) in [6.45, 7) is 11.4. The number of hydrogen-bond donors (Lipinski definition) is 0. The van der Waals surface area contributed by atoms with Crippen molar-refractivity contribution in [2.75, 3.05) is 6.61 Å². The predicted octanol–water partition coefficient (Wildman–Crippen LogP) is 7.56. The molecular formula is C30H38O2. The number of ether oxygens (including phenoxy) is 1. The maximum atomic E-state index is 12.6. The van der Waals surface area contributed by atoms with Crippen molar-refractivity contribution in [1.82, 2.24) is 0 Å². The van der Waals surface area contributed by atoms with Gasteiger partial charge in [-0.25, -0.2) is 0 Å². The van der Waals surface area contributed by atoms with E-state index >= 15 is 0 Å². The highest BCUT2D eigenvalue weighted by Crippen LogP contribution is 2.35. The number of rotatable bonds is 11. The molecule has 0 bridgehead atoms. The Kier molecular flexibility index (Phi) is 8.50. The van der Waals surface area contributed by atoms with Gasteiger partial charge >= 0.3 is 0 Å². The highest BCUT2D eigenvalue weighted by atomic mass is 16.5. The van der Waals surface area contributed by atoms with E-state index in [0.717, 1.165) is 38.0 Å². The summed E-state index contributed by atoms with van der Waals surface area (Å²) in [6.07, 6.45) is 9.78. The van der Waals surface area contributed by atoms with Crippen LogP contribution in [0.5, 0.6) is 5.75 Å². The number of aryl methyl sites for hydroxylation is 4. The van der Waals surface area contributed by atoms with E-state index in [1.165, 1.54) is 39.0 Å². The first-order valence-electron chi connectivity index (χ1n) is 12.0. The zero-order valence-electron chi connectivity index (χ0n) is 20.5. The smallest absolute Gasteiger partial charge is 0.137 e. The Morgan fingerprint density at radius 2 is 1.56 bits per heavy atom. The number of allylic oxidation sites excluding steroid dienone is 4. The van der Waals surface area contributed by atoms with Crippen LogP contribution in [0.15, 0.2) is 59.7 Å². The molecule has 0 amide bonds. The van der Waals surface area contributed by atoms with Gasteiger partial charge in [-0.15, -0.1) is 0 Å². The molecule has 0 saturated heterocycles. The molecule has 0 saturated carbocycles. The highest BCUT2D eigenvalue weighted by Gasteiger charge is 2.21. The maximum Gasteiger partial charge on any atom is 0.137 e. The van der Waals surface area contributed by atoms with E-state index in [0.29, 0.717) is 24.5 Å². The molecule has 1 atom stereocenters. The van der Waals surface area contributed by atoms with E-state index in [1.807, 2.05) is 0 Å². The molecule has 1 aliphatic carbocycles. The van der Waals surface area contributed by atoms with E-state index in [1.54, 1.807) is 0 Å². The van der Waals surface area contributed by atoms with Gasteiger partial charge in [-0.05, 0) is 76.1 Å². The molecule has 32 heavy (non-hydrogen) atoms. The second kappa shape index (κ2) is 11.3. The van der Waals surface area contributed by atoms with Gasteiger partial charge in [0.1, 0.15) is 11.5 Å². The molecular weight excluding hydrogens is 392 g/mol. The molecule has 0 fully saturated rings. The molecule has 170 valence electrons. The normalized spacial score (nSPS) is 15.5. The first-order chi connectivity index (χ1) is 15.4. The molecule has 0 aromatic heterocycles. The second-order valence-corrected chi connectivity index (χ2v) is 9.31. The average molecular weight is 431 g/mol. The zero-order chi connectivity index (χ0) is 23.1. The van der Waals surface area contributed by atoms with Gasteiger partial charge in [-0.1, -0.05) is 71.7 Å². The second-order valence-electron chi connectivity index (χ2n) is 9.31. The number of carbonyl (C=O) groups excluding carboxylic acids is 1. The SMILES string of the molecule is CCC1C(CCCOc2ccc(C)cc2C)=CC=C1CCC(=O)Cc1cc(C)ccc1C. The summed E-state index contributed by atoms with van der Waals surface area (Å²) in [5.74, 6) is 1.82. The van der Waals surface area contributed by atoms with Crippen LogP contribution in [0.1, 0.15) is 66.8 Å². The van der Waals surface area contributed by atoms with Crippen molar-refractivity contribution in [1.29, 1.82) is 0 Å². The number of Topliss-reactive ketones (excluding diaryl/α,β-unsaturated/α-hetero) is 1. The number of benzene rings is 2. The molecule has 2 heteroatoms. The molecule has 1 unspecified atom stereocenters. The first-order valence-corrected chi connectivity index (χ1v) is 12.0. The lowest BCUT2D eigenvalue weighted by Crippen LogP contribution is -2.09. The molecule has 0 aliphatic heterocycles. The summed E-state index contributed by atoms with van der Waals surface area (Å²) in [5.41, 5.74) is 8.99. The Labute approximate surface area is 194 Å². The minimum Gasteiger partial charge on any atom is -0.493 e. The predicted molar refractivity (Wildman–Crippen MR) is 134 cm³/mol. The minimum atomic E-state index is 0.338. The van der Waals surface area contributed by atoms with Gasteiger partial charge in [0.15, 0.2) is 0 Å². The molecule has 0 heterocycles. The Morgan fingerprint density at radius 1 is 0.875 bits per heavy atom. The summed E-state index contributed by atoms with van der Waals surface area (Å²) in [4.78, 5) is 12.6. The van der Waals surface area contributed by atoms with Crippen molar-refractivity contribution < 1.29 is 9.53 Å². The lowest BCUT2D eigenvalue weighted by Gasteiger charge is -2.18. The van der Waals surface area contributed by atoms with Crippen LogP contribution in [-0.4, -0.2) is 12.4 Å². The van der Waals surface area contributed by atoms with Crippen molar-refractivity contribution in [3.63, 3.8) is 0 Å². The van der Waals surface area contributed by atoms with Crippen molar-refractivity contribution in [3.8, 4) is 5.75 Å². The third kappa shape index (κ3) is 6.45. The van der Waals surface area contributed by atoms with Crippen molar-refractivity contribution in [2.45, 2.75) is 73.1 Å². The summed E-state index contributed by atoms with van der Waals surface area (Å²) in [5, 5.41) is 0. The van der Waals surface area contributed by atoms with Crippen LogP contribution >= 0.6 is 0 Å². The molecule has 2 aromatic carbocycles. The summed E-state index contributed by atoms with van der Waals surface area (Å²) in [7, 11) is 0. The Morgan fingerprint density at radius 3 is 2.28 bits per heavy atom. The quantitative estimate of drug-likeness (QED) is 0.344. The maximum absolute atomic E-state index is 12.6.